The van der Waals surface area contributed by atoms with E-state index in [1.165, 1.54) is 122 Å². The summed E-state index contributed by atoms with van der Waals surface area (Å²) in [6.45, 7) is 2.39. The summed E-state index contributed by atoms with van der Waals surface area (Å²) in [6, 6.07) is 0. The second kappa shape index (κ2) is 84.6. The SMILES string of the molecule is CC/C=C\C/C=C\C/C=C\C/C=C\C/C=C\C/C=C\CCCCCCCCCCCCC(=O)OCC(COP(=O)(O)OCC(O)COP(=O)(O)OCC(O)COC(=O)CCCCCCCCCCCCCCCCCCC/C=C\C/C=C\C/C=C\C/C=C\C/C=C\CC)OC(=O)CCCCCCC/C=C\C/C=C\CCC. The normalized spacial score (nSPS) is 14.6. The Morgan fingerprint density at radius 1 is 0.261 bits per heavy atom. The number of unbranched alkanes of at least 4 members (excludes halogenated alkanes) is 33. The van der Waals surface area contributed by atoms with Gasteiger partial charge in [-0.1, -0.05) is 352 Å². The summed E-state index contributed by atoms with van der Waals surface area (Å²) in [4.78, 5) is 58.8. The van der Waals surface area contributed by atoms with Crippen molar-refractivity contribution in [2.24, 2.45) is 0 Å². The van der Waals surface area contributed by atoms with Gasteiger partial charge in [0.25, 0.3) is 0 Å². The van der Waals surface area contributed by atoms with Gasteiger partial charge in [0.2, 0.25) is 0 Å². The van der Waals surface area contributed by atoms with Gasteiger partial charge in [-0.2, -0.15) is 0 Å². The van der Waals surface area contributed by atoms with E-state index < -0.39 is 91.5 Å². The standard InChI is InChI=1S/C93H158O16P2/c1-4-7-10-13-16-19-22-25-27-29-31-33-35-37-39-41-42-43-44-46-48-49-51-53-55-57-59-62-64-67-70-73-76-79-91(96)103-82-88(94)83-105-110(99,100)106-84-89(95)85-107-111(101,102)108-87-90(109-93(98)81-78-75-72-69-66-61-24-21-18-15-12-9-6-3)86-104-92(97)80-77-74-71-68-65-63-60-58-56-54-52-50-47-45-40-38-36-34-32-30-28-26-23-20-17-14-11-8-5-2/h7-8,10-12,15-17,19-21,24-28,31-34,37-40,47,50,88-90,94-95H,4-6,9,13-14,18,22-23,29-30,35-36,41-46,48-49,51-87H2,1-3H3,(H,99,100)(H,101,102)/b10-7-,11-8-,15-12-,19-16-,20-17-,24-21-,27-25-,28-26-,33-31-,34-32-,39-37-,40-38-,50-47-. The molecule has 5 unspecified atom stereocenters. The number of esters is 3. The van der Waals surface area contributed by atoms with Crippen molar-refractivity contribution in [3.63, 3.8) is 0 Å². The van der Waals surface area contributed by atoms with E-state index in [1.54, 1.807) is 0 Å². The summed E-state index contributed by atoms with van der Waals surface area (Å²) >= 11 is 0. The fourth-order valence-electron chi connectivity index (χ4n) is 11.6. The summed E-state index contributed by atoms with van der Waals surface area (Å²) in [5, 5.41) is 20.7. The molecule has 0 saturated heterocycles. The molecular weight excluding hydrogens is 1430 g/mol. The smallest absolute Gasteiger partial charge is 0.463 e. The molecule has 4 N–H and O–H groups in total. The quantitative estimate of drug-likeness (QED) is 0.0146. The minimum absolute atomic E-state index is 0.0845. The summed E-state index contributed by atoms with van der Waals surface area (Å²) in [6.07, 6.45) is 107. The molecule has 0 aliphatic carbocycles. The first kappa shape index (κ1) is 106. The number of carbonyl (C=O) groups excluding carboxylic acids is 3. The second-order valence-electron chi connectivity index (χ2n) is 28.9. The van der Waals surface area contributed by atoms with E-state index in [2.05, 4.69) is 179 Å². The van der Waals surface area contributed by atoms with Crippen LogP contribution in [-0.2, 0) is 55.8 Å². The maximum Gasteiger partial charge on any atom is 0.472 e. The zero-order chi connectivity index (χ0) is 80.8. The van der Waals surface area contributed by atoms with Crippen molar-refractivity contribution in [2.45, 2.75) is 373 Å². The number of aliphatic hydroxyl groups excluding tert-OH is 2. The van der Waals surface area contributed by atoms with Gasteiger partial charge in [0.15, 0.2) is 6.10 Å². The molecule has 111 heavy (non-hydrogen) atoms. The molecule has 0 aromatic heterocycles. The lowest BCUT2D eigenvalue weighted by molar-refractivity contribution is -0.161. The molecule has 16 nitrogen and oxygen atoms in total. The molecule has 0 aliphatic rings. The van der Waals surface area contributed by atoms with Crippen LogP contribution in [0.15, 0.2) is 158 Å². The molecule has 5 atom stereocenters. The Labute approximate surface area is 676 Å². The first-order valence-corrected chi connectivity index (χ1v) is 46.8. The number of allylic oxidation sites excluding steroid dienone is 26. The van der Waals surface area contributed by atoms with Gasteiger partial charge in [-0.05, 0) is 141 Å². The number of carbonyl (C=O) groups is 3. The first-order chi connectivity index (χ1) is 54.2. The number of rotatable bonds is 82. The summed E-state index contributed by atoms with van der Waals surface area (Å²) in [5.41, 5.74) is 0. The molecule has 0 bridgehead atoms. The molecular formula is C93H158O16P2. The third kappa shape index (κ3) is 85.9. The Morgan fingerprint density at radius 2 is 0.477 bits per heavy atom. The predicted octanol–water partition coefficient (Wildman–Crippen LogP) is 26.5. The van der Waals surface area contributed by atoms with Crippen LogP contribution in [0.5, 0.6) is 0 Å². The van der Waals surface area contributed by atoms with Crippen LogP contribution in [0, 0.1) is 0 Å². The Balaban J connectivity index is 4.43. The van der Waals surface area contributed by atoms with Crippen molar-refractivity contribution >= 4 is 33.6 Å². The van der Waals surface area contributed by atoms with E-state index in [1.807, 2.05) is 0 Å². The van der Waals surface area contributed by atoms with Crippen molar-refractivity contribution in [2.75, 3.05) is 39.6 Å². The molecule has 0 fully saturated rings. The number of phosphoric acid groups is 2. The predicted molar refractivity (Wildman–Crippen MR) is 463 cm³/mol. The number of ether oxygens (including phenoxy) is 3. The van der Waals surface area contributed by atoms with Crippen LogP contribution in [0.4, 0.5) is 0 Å². The van der Waals surface area contributed by atoms with Crippen molar-refractivity contribution in [1.29, 1.82) is 0 Å². The van der Waals surface area contributed by atoms with Crippen LogP contribution < -0.4 is 0 Å². The van der Waals surface area contributed by atoms with Gasteiger partial charge in [-0.25, -0.2) is 9.13 Å². The maximum absolute atomic E-state index is 13.0. The topological polar surface area (TPSA) is 231 Å². The van der Waals surface area contributed by atoms with Crippen LogP contribution in [0.2, 0.25) is 0 Å². The van der Waals surface area contributed by atoms with E-state index in [0.29, 0.717) is 19.3 Å². The lowest BCUT2D eigenvalue weighted by atomic mass is 10.0. The average Bonchev–Trinajstić information content (AvgIpc) is 0.900. The lowest BCUT2D eigenvalue weighted by Crippen LogP contribution is -2.30. The van der Waals surface area contributed by atoms with Gasteiger partial charge in [0.1, 0.15) is 25.4 Å². The molecule has 0 radical (unpaired) electrons. The third-order valence-corrected chi connectivity index (χ3v) is 20.1. The zero-order valence-corrected chi connectivity index (χ0v) is 71.6. The molecule has 0 aromatic rings. The van der Waals surface area contributed by atoms with Crippen LogP contribution >= 0.6 is 15.6 Å². The summed E-state index contributed by atoms with van der Waals surface area (Å²) in [7, 11) is -9.80. The molecule has 18 heteroatoms. The van der Waals surface area contributed by atoms with Gasteiger partial charge in [-0.15, -0.1) is 0 Å². The second-order valence-corrected chi connectivity index (χ2v) is 31.8. The van der Waals surface area contributed by atoms with E-state index in [-0.39, 0.29) is 19.3 Å². The number of hydrogen-bond acceptors (Lipinski definition) is 14. The lowest BCUT2D eigenvalue weighted by Gasteiger charge is -2.21. The van der Waals surface area contributed by atoms with Gasteiger partial charge in [0.05, 0.1) is 26.4 Å². The van der Waals surface area contributed by atoms with Crippen molar-refractivity contribution < 1.29 is 75.8 Å². The largest absolute Gasteiger partial charge is 0.472 e. The Bertz CT molecular complexity index is 2650. The maximum atomic E-state index is 13.0. The fraction of sp³-hybridized carbons (Fsp3) is 0.688. The van der Waals surface area contributed by atoms with E-state index in [0.717, 1.165) is 173 Å². The van der Waals surface area contributed by atoms with E-state index in [9.17, 15) is 43.5 Å². The minimum Gasteiger partial charge on any atom is -0.463 e. The molecule has 0 amide bonds. The van der Waals surface area contributed by atoms with Crippen LogP contribution in [-0.4, -0.2) is 95.9 Å². The van der Waals surface area contributed by atoms with Crippen molar-refractivity contribution in [3.05, 3.63) is 158 Å². The highest BCUT2D eigenvalue weighted by Crippen LogP contribution is 2.45. The summed E-state index contributed by atoms with van der Waals surface area (Å²) < 4.78 is 61.3. The van der Waals surface area contributed by atoms with Gasteiger partial charge < -0.3 is 34.2 Å². The zero-order valence-electron chi connectivity index (χ0n) is 69.8. The number of hydrogen-bond donors (Lipinski definition) is 4. The van der Waals surface area contributed by atoms with Gasteiger partial charge >= 0.3 is 33.6 Å². The van der Waals surface area contributed by atoms with Gasteiger partial charge in [-0.3, -0.25) is 32.5 Å². The van der Waals surface area contributed by atoms with Crippen LogP contribution in [0.1, 0.15) is 355 Å². The van der Waals surface area contributed by atoms with Crippen LogP contribution in [0.25, 0.3) is 0 Å². The molecule has 0 heterocycles. The highest BCUT2D eigenvalue weighted by Gasteiger charge is 2.29. The Kier molecular flexibility index (Phi) is 80.9. The average molecular weight is 1590 g/mol. The molecule has 0 rings (SSSR count). The molecule has 0 aromatic carbocycles. The van der Waals surface area contributed by atoms with Crippen molar-refractivity contribution in [1.82, 2.24) is 0 Å². The highest BCUT2D eigenvalue weighted by atomic mass is 31.2. The number of phosphoric ester groups is 2. The molecule has 636 valence electrons. The Morgan fingerprint density at radius 3 is 0.757 bits per heavy atom. The molecule has 0 saturated carbocycles. The van der Waals surface area contributed by atoms with Gasteiger partial charge in [0, 0.05) is 19.3 Å². The summed E-state index contributed by atoms with van der Waals surface area (Å²) in [5.74, 6) is -1.59. The van der Waals surface area contributed by atoms with Crippen molar-refractivity contribution in [3.8, 4) is 0 Å². The minimum atomic E-state index is -4.94. The highest BCUT2D eigenvalue weighted by molar-refractivity contribution is 7.47. The number of aliphatic hydroxyl groups is 2. The Hall–Kier alpha value is -4.83. The first-order valence-electron chi connectivity index (χ1n) is 43.8. The molecule has 0 aliphatic heterocycles. The van der Waals surface area contributed by atoms with E-state index >= 15 is 0 Å². The van der Waals surface area contributed by atoms with E-state index in [4.69, 9.17) is 32.3 Å². The molecule has 0 spiro atoms. The monoisotopic (exact) mass is 1590 g/mol. The fourth-order valence-corrected chi connectivity index (χ4v) is 13.2. The van der Waals surface area contributed by atoms with Crippen LogP contribution in [0.3, 0.4) is 0 Å². The third-order valence-electron chi connectivity index (χ3n) is 18.2.